The first-order valence-corrected chi connectivity index (χ1v) is 9.51. The molecule has 0 spiro atoms. The number of amides is 1. The van der Waals surface area contributed by atoms with Gasteiger partial charge < -0.3 is 14.6 Å². The molecule has 0 aliphatic carbocycles. The molecule has 0 saturated heterocycles. The number of aromatic nitrogens is 1. The zero-order valence-electron chi connectivity index (χ0n) is 14.4. The predicted molar refractivity (Wildman–Crippen MR) is 97.7 cm³/mol. The predicted octanol–water partition coefficient (Wildman–Crippen LogP) is 3.45. The van der Waals surface area contributed by atoms with Crippen molar-refractivity contribution >= 4 is 27.3 Å². The number of nitrogens with one attached hydrogen (secondary N) is 2. The number of fused-ring (bicyclic) bond motifs is 2. The van der Waals surface area contributed by atoms with Gasteiger partial charge in [-0.1, -0.05) is 17.3 Å². The molecule has 1 aliphatic rings. The molecule has 1 amide bonds. The highest BCUT2D eigenvalue weighted by molar-refractivity contribution is 7.92. The van der Waals surface area contributed by atoms with Crippen molar-refractivity contribution in [2.45, 2.75) is 18.7 Å². The molecule has 2 aromatic carbocycles. The average molecular weight is 385 g/mol. The zero-order valence-corrected chi connectivity index (χ0v) is 15.3. The molecule has 2 N–H and O–H groups in total. The number of benzene rings is 2. The molecule has 3 aromatic rings. The van der Waals surface area contributed by atoms with Gasteiger partial charge in [-0.25, -0.2) is 8.42 Å². The molecule has 138 valence electrons. The molecular weight excluding hydrogens is 370 g/mol. The van der Waals surface area contributed by atoms with E-state index in [1.54, 1.807) is 37.3 Å². The summed E-state index contributed by atoms with van der Waals surface area (Å²) in [6.45, 7) is 3.06. The number of anilines is 2. The Kier molecular flexibility index (Phi) is 3.88. The van der Waals surface area contributed by atoms with Crippen LogP contribution in [0.15, 0.2) is 51.9 Å². The number of hydrogen-bond donors (Lipinski definition) is 2. The van der Waals surface area contributed by atoms with Crippen molar-refractivity contribution in [3.63, 3.8) is 0 Å². The van der Waals surface area contributed by atoms with Gasteiger partial charge >= 0.3 is 0 Å². The van der Waals surface area contributed by atoms with E-state index in [0.29, 0.717) is 17.2 Å². The normalized spacial score (nSPS) is 13.0. The van der Waals surface area contributed by atoms with Gasteiger partial charge in [0.25, 0.3) is 15.9 Å². The Bertz CT molecular complexity index is 1150. The van der Waals surface area contributed by atoms with Crippen LogP contribution >= 0.6 is 0 Å². The molecule has 4 rings (SSSR count). The van der Waals surface area contributed by atoms with Crippen molar-refractivity contribution in [1.29, 1.82) is 0 Å². The number of sulfonamides is 1. The number of nitrogens with zero attached hydrogens (tertiary/aromatic N) is 1. The third-order valence-electron chi connectivity index (χ3n) is 4.07. The molecule has 27 heavy (non-hydrogen) atoms. The summed E-state index contributed by atoms with van der Waals surface area (Å²) in [5.41, 5.74) is 1.23. The monoisotopic (exact) mass is 385 g/mol. The van der Waals surface area contributed by atoms with E-state index in [4.69, 9.17) is 9.26 Å². The van der Waals surface area contributed by atoms with E-state index >= 15 is 0 Å². The Morgan fingerprint density at radius 1 is 1.07 bits per heavy atom. The van der Waals surface area contributed by atoms with Crippen LogP contribution in [0, 0.1) is 13.8 Å². The van der Waals surface area contributed by atoms with Gasteiger partial charge in [0.05, 0.1) is 11.3 Å². The lowest BCUT2D eigenvalue weighted by atomic mass is 10.1. The van der Waals surface area contributed by atoms with Crippen LogP contribution in [0.2, 0.25) is 0 Å². The molecule has 9 heteroatoms. The molecule has 0 fully saturated rings. The highest BCUT2D eigenvalue weighted by atomic mass is 32.2. The van der Waals surface area contributed by atoms with Gasteiger partial charge in [-0.15, -0.1) is 0 Å². The first-order valence-electron chi connectivity index (χ1n) is 8.03. The van der Waals surface area contributed by atoms with E-state index < -0.39 is 15.9 Å². The molecule has 0 atom stereocenters. The van der Waals surface area contributed by atoms with Crippen molar-refractivity contribution in [1.82, 2.24) is 5.16 Å². The van der Waals surface area contributed by atoms with Crippen LogP contribution in [0.4, 0.5) is 11.4 Å². The van der Waals surface area contributed by atoms with E-state index in [1.165, 1.54) is 19.1 Å². The van der Waals surface area contributed by atoms with Crippen LogP contribution in [-0.2, 0) is 10.0 Å². The third kappa shape index (κ3) is 3.02. The van der Waals surface area contributed by atoms with Gasteiger partial charge in [0.1, 0.15) is 11.4 Å². The van der Waals surface area contributed by atoms with Crippen LogP contribution in [0.25, 0.3) is 0 Å². The second kappa shape index (κ2) is 6.13. The summed E-state index contributed by atoms with van der Waals surface area (Å²) in [6.07, 6.45) is 0. The number of ether oxygens (including phenoxy) is 1. The van der Waals surface area contributed by atoms with Crippen LogP contribution in [0.3, 0.4) is 0 Å². The van der Waals surface area contributed by atoms with Gasteiger partial charge in [0, 0.05) is 5.69 Å². The van der Waals surface area contributed by atoms with Crippen LogP contribution in [0.1, 0.15) is 21.8 Å². The number of hydrogen-bond acceptors (Lipinski definition) is 6. The minimum Gasteiger partial charge on any atom is -0.454 e. The maximum atomic E-state index is 12.7. The fourth-order valence-electron chi connectivity index (χ4n) is 2.89. The summed E-state index contributed by atoms with van der Waals surface area (Å²) < 4.78 is 38.5. The second-order valence-corrected chi connectivity index (χ2v) is 7.64. The lowest BCUT2D eigenvalue weighted by Gasteiger charge is -2.11. The maximum Gasteiger partial charge on any atom is 0.267 e. The molecule has 1 aromatic heterocycles. The quantitative estimate of drug-likeness (QED) is 0.714. The standard InChI is InChI=1S/C18H15N3O5S/c1-10-17(11(2)26-20-10)27(23,24)21-12-7-8-15-13(9-12)18(22)19-14-5-3-4-6-16(14)25-15/h3-9,21H,1-2H3,(H,19,22). The van der Waals surface area contributed by atoms with Crippen LogP contribution in [0.5, 0.6) is 11.5 Å². The van der Waals surface area contributed by atoms with E-state index in [1.807, 2.05) is 0 Å². The number of aryl methyl sites for hydroxylation is 2. The topological polar surface area (TPSA) is 111 Å². The van der Waals surface area contributed by atoms with Crippen LogP contribution < -0.4 is 14.8 Å². The summed E-state index contributed by atoms with van der Waals surface area (Å²) in [4.78, 5) is 12.5. The Balaban J connectivity index is 1.70. The highest BCUT2D eigenvalue weighted by Crippen LogP contribution is 2.36. The minimum atomic E-state index is -3.92. The second-order valence-electron chi connectivity index (χ2n) is 6.02. The maximum absolute atomic E-state index is 12.7. The molecule has 0 saturated carbocycles. The molecule has 1 aliphatic heterocycles. The van der Waals surface area contributed by atoms with E-state index in [0.717, 1.165) is 0 Å². The van der Waals surface area contributed by atoms with Gasteiger partial charge in [-0.2, -0.15) is 0 Å². The summed E-state index contributed by atoms with van der Waals surface area (Å²) in [5, 5.41) is 6.41. The summed E-state index contributed by atoms with van der Waals surface area (Å²) in [5.74, 6) is 0.631. The molecule has 0 radical (unpaired) electrons. The first-order chi connectivity index (χ1) is 12.8. The third-order valence-corrected chi connectivity index (χ3v) is 5.69. The molecule has 8 nitrogen and oxygen atoms in total. The summed E-state index contributed by atoms with van der Waals surface area (Å²) in [6, 6.07) is 11.5. The molecule has 0 bridgehead atoms. The van der Waals surface area contributed by atoms with Crippen molar-refractivity contribution < 1.29 is 22.5 Å². The largest absolute Gasteiger partial charge is 0.454 e. The lowest BCUT2D eigenvalue weighted by molar-refractivity contribution is 0.102. The average Bonchev–Trinajstić information content (AvgIpc) is 2.89. The van der Waals surface area contributed by atoms with Gasteiger partial charge in [-0.3, -0.25) is 9.52 Å². The van der Waals surface area contributed by atoms with E-state index in [9.17, 15) is 13.2 Å². The minimum absolute atomic E-state index is 0.0226. The Labute approximate surface area is 155 Å². The zero-order chi connectivity index (χ0) is 19.2. The summed E-state index contributed by atoms with van der Waals surface area (Å²) in [7, 11) is -3.92. The Morgan fingerprint density at radius 3 is 2.59 bits per heavy atom. The van der Waals surface area contributed by atoms with Gasteiger partial charge in [-0.05, 0) is 44.2 Å². The fourth-order valence-corrected chi connectivity index (χ4v) is 4.27. The van der Waals surface area contributed by atoms with Gasteiger partial charge in [0.2, 0.25) is 0 Å². The van der Waals surface area contributed by atoms with Crippen molar-refractivity contribution in [3.05, 3.63) is 59.5 Å². The Hall–Kier alpha value is -3.33. The Morgan fingerprint density at radius 2 is 1.85 bits per heavy atom. The molecular formula is C18H15N3O5S. The smallest absolute Gasteiger partial charge is 0.267 e. The van der Waals surface area contributed by atoms with E-state index in [2.05, 4.69) is 15.2 Å². The first kappa shape index (κ1) is 17.1. The highest BCUT2D eigenvalue weighted by Gasteiger charge is 2.26. The van der Waals surface area contributed by atoms with E-state index in [-0.39, 0.29) is 27.6 Å². The molecule has 2 heterocycles. The van der Waals surface area contributed by atoms with Gasteiger partial charge in [0.15, 0.2) is 16.4 Å². The van der Waals surface area contributed by atoms with Crippen molar-refractivity contribution in [2.75, 3.05) is 10.0 Å². The number of rotatable bonds is 3. The number of para-hydroxylation sites is 2. The number of carbonyl (C=O) groups excluding carboxylic acids is 1. The lowest BCUT2D eigenvalue weighted by Crippen LogP contribution is -2.16. The molecule has 0 unspecified atom stereocenters. The number of carbonyl (C=O) groups is 1. The van der Waals surface area contributed by atoms with Crippen molar-refractivity contribution in [3.8, 4) is 11.5 Å². The summed E-state index contributed by atoms with van der Waals surface area (Å²) >= 11 is 0. The fraction of sp³-hybridized carbons (Fsp3) is 0.111. The SMILES string of the molecule is Cc1noc(C)c1S(=O)(=O)Nc1ccc2c(c1)C(=O)Nc1ccccc1O2. The van der Waals surface area contributed by atoms with Crippen LogP contribution in [-0.4, -0.2) is 19.5 Å². The van der Waals surface area contributed by atoms with Crippen molar-refractivity contribution in [2.24, 2.45) is 0 Å².